The summed E-state index contributed by atoms with van der Waals surface area (Å²) < 4.78 is 0. The molecule has 0 bridgehead atoms. The Bertz CT molecular complexity index is 694. The molecule has 0 amide bonds. The minimum absolute atomic E-state index is 0.0539. The summed E-state index contributed by atoms with van der Waals surface area (Å²) in [5, 5.41) is 26.5. The fraction of sp³-hybridized carbons (Fsp3) is 0.885. The summed E-state index contributed by atoms with van der Waals surface area (Å²) in [4.78, 5) is 7.38. The van der Waals surface area contributed by atoms with E-state index in [0.29, 0.717) is 35.7 Å². The van der Waals surface area contributed by atoms with Crippen molar-refractivity contribution in [3.63, 3.8) is 0 Å². The molecule has 4 saturated carbocycles. The Labute approximate surface area is 188 Å². The van der Waals surface area contributed by atoms with Crippen molar-refractivity contribution >= 4 is 6.21 Å². The number of likely N-dealkylation sites (N-methyl/N-ethyl adjacent to an activating group) is 1. The smallest absolute Gasteiger partial charge is 0.129 e. The third kappa shape index (κ3) is 4.00. The highest BCUT2D eigenvalue weighted by atomic mass is 16.6. The first-order valence-electron chi connectivity index (χ1n) is 12.6. The molecule has 0 unspecified atom stereocenters. The average Bonchev–Trinajstić information content (AvgIpc) is 2.99. The van der Waals surface area contributed by atoms with Crippen molar-refractivity contribution in [3.05, 3.63) is 12.2 Å². The zero-order valence-electron chi connectivity index (χ0n) is 20.1. The molecule has 176 valence electrons. The van der Waals surface area contributed by atoms with Gasteiger partial charge in [0.1, 0.15) is 6.61 Å². The molecule has 0 spiro atoms. The monoisotopic (exact) mass is 432 g/mol. The Morgan fingerprint density at radius 3 is 2.61 bits per heavy atom. The molecule has 2 N–H and O–H groups in total. The van der Waals surface area contributed by atoms with E-state index in [-0.39, 0.29) is 11.5 Å². The van der Waals surface area contributed by atoms with Crippen molar-refractivity contribution in [1.29, 1.82) is 0 Å². The molecule has 0 radical (unpaired) electrons. The maximum atomic E-state index is 12.2. The maximum absolute atomic E-state index is 12.2. The number of aliphatic hydroxyl groups is 2. The molecule has 4 aliphatic rings. The molecular formula is C26H44N2O3. The average molecular weight is 433 g/mol. The zero-order chi connectivity index (χ0) is 22.3. The first-order valence-corrected chi connectivity index (χ1v) is 12.6. The van der Waals surface area contributed by atoms with Crippen molar-refractivity contribution in [2.75, 3.05) is 27.2 Å². The molecule has 0 aromatic carbocycles. The largest absolute Gasteiger partial charge is 0.394 e. The van der Waals surface area contributed by atoms with E-state index in [1.54, 1.807) is 6.21 Å². The van der Waals surface area contributed by atoms with Crippen molar-refractivity contribution in [2.24, 2.45) is 39.7 Å². The quantitative estimate of drug-likeness (QED) is 0.374. The lowest BCUT2D eigenvalue weighted by Crippen LogP contribution is -2.62. The molecule has 8 atom stereocenters. The van der Waals surface area contributed by atoms with Gasteiger partial charge in [-0.1, -0.05) is 25.1 Å². The molecule has 0 aromatic heterocycles. The predicted molar refractivity (Wildman–Crippen MR) is 125 cm³/mol. The highest BCUT2D eigenvalue weighted by molar-refractivity contribution is 5.70. The van der Waals surface area contributed by atoms with Gasteiger partial charge in [0, 0.05) is 12.0 Å². The van der Waals surface area contributed by atoms with Crippen LogP contribution in [0.2, 0.25) is 0 Å². The van der Waals surface area contributed by atoms with E-state index in [1.165, 1.54) is 12.8 Å². The van der Waals surface area contributed by atoms with E-state index in [0.717, 1.165) is 51.5 Å². The standard InChI is InChI=1S/C26H44N2O3/c1-24-12-10-21(29)18-20(24)7-8-23-22(24)11-13-25(2)19(9-14-26(23,25)30)6-5-15-27-31-17-16-28(3)4/h5-6,15,19-23,29-30H,7-14,16-18H2,1-4H3/b6-5+,27-15?/t19-,20+,21-,22-,23+,24-,25+,26-/m0/s1. The van der Waals surface area contributed by atoms with Crippen molar-refractivity contribution < 1.29 is 15.1 Å². The highest BCUT2D eigenvalue weighted by Gasteiger charge is 2.66. The summed E-state index contributed by atoms with van der Waals surface area (Å²) in [7, 11) is 4.04. The first kappa shape index (κ1) is 23.3. The maximum Gasteiger partial charge on any atom is 0.129 e. The van der Waals surface area contributed by atoms with Crippen LogP contribution in [-0.4, -0.2) is 60.3 Å². The lowest BCUT2D eigenvalue weighted by Gasteiger charge is -2.63. The molecular weight excluding hydrogens is 388 g/mol. The van der Waals surface area contributed by atoms with Crippen LogP contribution in [0.5, 0.6) is 0 Å². The van der Waals surface area contributed by atoms with Gasteiger partial charge >= 0.3 is 0 Å². The molecule has 0 aliphatic heterocycles. The molecule has 0 heterocycles. The molecule has 0 aromatic rings. The van der Waals surface area contributed by atoms with Gasteiger partial charge in [0.25, 0.3) is 0 Å². The zero-order valence-corrected chi connectivity index (χ0v) is 20.1. The predicted octanol–water partition coefficient (Wildman–Crippen LogP) is 4.24. The molecule has 4 fully saturated rings. The van der Waals surface area contributed by atoms with Crippen LogP contribution in [-0.2, 0) is 4.84 Å². The first-order chi connectivity index (χ1) is 14.7. The van der Waals surface area contributed by atoms with Gasteiger partial charge in [0.15, 0.2) is 0 Å². The van der Waals surface area contributed by atoms with E-state index in [1.807, 2.05) is 20.2 Å². The van der Waals surface area contributed by atoms with E-state index in [9.17, 15) is 10.2 Å². The number of oxime groups is 1. The van der Waals surface area contributed by atoms with Gasteiger partial charge in [-0.3, -0.25) is 0 Å². The number of hydrogen-bond acceptors (Lipinski definition) is 5. The number of rotatable bonds is 6. The number of aliphatic hydroxyl groups excluding tert-OH is 1. The number of hydrogen-bond donors (Lipinski definition) is 2. The molecule has 5 nitrogen and oxygen atoms in total. The molecule has 4 aliphatic carbocycles. The molecule has 5 heteroatoms. The highest BCUT2D eigenvalue weighted by Crippen LogP contribution is 2.69. The van der Waals surface area contributed by atoms with Crippen LogP contribution in [0.3, 0.4) is 0 Å². The van der Waals surface area contributed by atoms with Crippen LogP contribution in [0.1, 0.15) is 71.6 Å². The van der Waals surface area contributed by atoms with Gasteiger partial charge in [-0.15, -0.1) is 0 Å². The van der Waals surface area contributed by atoms with Gasteiger partial charge in [0.2, 0.25) is 0 Å². The lowest BCUT2D eigenvalue weighted by molar-refractivity contribution is -0.207. The van der Waals surface area contributed by atoms with Crippen molar-refractivity contribution in [1.82, 2.24) is 4.90 Å². The Morgan fingerprint density at radius 1 is 1.03 bits per heavy atom. The second-order valence-electron chi connectivity index (χ2n) is 11.7. The van der Waals surface area contributed by atoms with Crippen LogP contribution in [0.4, 0.5) is 0 Å². The van der Waals surface area contributed by atoms with Crippen LogP contribution in [0.25, 0.3) is 0 Å². The summed E-state index contributed by atoms with van der Waals surface area (Å²) in [6, 6.07) is 0. The SMILES string of the molecule is CN(C)CCON=C/C=C/[C@H]1CC[C@]2(O)[C@@H]3CC[C@@H]4C[C@@H](O)CC[C@]4(C)[C@H]3CC[C@]12C. The van der Waals surface area contributed by atoms with Gasteiger partial charge < -0.3 is 20.0 Å². The summed E-state index contributed by atoms with van der Waals surface area (Å²) in [5.41, 5.74) is -0.320. The Hall–Kier alpha value is -0.910. The van der Waals surface area contributed by atoms with Crippen LogP contribution < -0.4 is 0 Å². The van der Waals surface area contributed by atoms with Crippen LogP contribution >= 0.6 is 0 Å². The fourth-order valence-electron chi connectivity index (χ4n) is 8.09. The van der Waals surface area contributed by atoms with Crippen molar-refractivity contribution in [3.8, 4) is 0 Å². The Morgan fingerprint density at radius 2 is 1.84 bits per heavy atom. The summed E-state index contributed by atoms with van der Waals surface area (Å²) in [5.74, 6) is 2.03. The summed E-state index contributed by atoms with van der Waals surface area (Å²) in [6.45, 7) is 6.27. The van der Waals surface area contributed by atoms with E-state index >= 15 is 0 Å². The molecule has 4 rings (SSSR count). The number of nitrogens with zero attached hydrogens (tertiary/aromatic N) is 2. The van der Waals surface area contributed by atoms with E-state index in [2.05, 4.69) is 30.0 Å². The summed E-state index contributed by atoms with van der Waals surface area (Å²) >= 11 is 0. The normalized spacial score (nSPS) is 47.5. The second-order valence-corrected chi connectivity index (χ2v) is 11.7. The molecule has 0 saturated heterocycles. The van der Waals surface area contributed by atoms with Gasteiger partial charge in [0.05, 0.1) is 17.9 Å². The number of fused-ring (bicyclic) bond motifs is 5. The van der Waals surface area contributed by atoms with Crippen LogP contribution in [0, 0.1) is 34.5 Å². The fourth-order valence-corrected chi connectivity index (χ4v) is 8.09. The topological polar surface area (TPSA) is 65.3 Å². The minimum atomic E-state index is -0.561. The van der Waals surface area contributed by atoms with Gasteiger partial charge in [-0.2, -0.15) is 0 Å². The van der Waals surface area contributed by atoms with E-state index < -0.39 is 5.60 Å². The van der Waals surface area contributed by atoms with Gasteiger partial charge in [-0.05, 0) is 107 Å². The lowest BCUT2D eigenvalue weighted by atomic mass is 9.43. The minimum Gasteiger partial charge on any atom is -0.394 e. The number of allylic oxidation sites excluding steroid dienone is 2. The van der Waals surface area contributed by atoms with E-state index in [4.69, 9.17) is 4.84 Å². The third-order valence-electron chi connectivity index (χ3n) is 10.1. The van der Waals surface area contributed by atoms with Gasteiger partial charge in [-0.25, -0.2) is 0 Å². The van der Waals surface area contributed by atoms with Crippen molar-refractivity contribution in [2.45, 2.75) is 83.3 Å². The Balaban J connectivity index is 1.43. The molecule has 31 heavy (non-hydrogen) atoms. The summed E-state index contributed by atoms with van der Waals surface area (Å²) in [6.07, 6.45) is 15.5. The third-order valence-corrected chi connectivity index (χ3v) is 10.1. The second kappa shape index (κ2) is 8.79. The Kier molecular flexibility index (Phi) is 6.60. The van der Waals surface area contributed by atoms with Crippen LogP contribution in [0.15, 0.2) is 17.3 Å².